The monoisotopic (exact) mass is 510 g/mol. The summed E-state index contributed by atoms with van der Waals surface area (Å²) in [6, 6.07) is 17.0. The molecule has 0 unspecified atom stereocenters. The minimum atomic E-state index is -0.441. The first-order valence-electron chi connectivity index (χ1n) is 12.5. The predicted octanol–water partition coefficient (Wildman–Crippen LogP) is 3.70. The summed E-state index contributed by atoms with van der Waals surface area (Å²) < 4.78 is 7.92. The van der Waals surface area contributed by atoms with Gasteiger partial charge in [-0.1, -0.05) is 36.4 Å². The molecule has 0 radical (unpaired) electrons. The van der Waals surface area contributed by atoms with E-state index in [2.05, 4.69) is 15.4 Å². The molecule has 2 amide bonds. The molecule has 38 heavy (non-hydrogen) atoms. The minimum absolute atomic E-state index is 0.0874. The maximum absolute atomic E-state index is 13.1. The van der Waals surface area contributed by atoms with Crippen molar-refractivity contribution in [3.05, 3.63) is 89.9 Å². The fourth-order valence-corrected chi connectivity index (χ4v) is 4.75. The third kappa shape index (κ3) is 5.57. The molecule has 1 aliphatic rings. The van der Waals surface area contributed by atoms with Gasteiger partial charge < -0.3 is 21.5 Å². The molecule has 0 bridgehead atoms. The quantitative estimate of drug-likeness (QED) is 0.330. The van der Waals surface area contributed by atoms with Crippen LogP contribution in [0.2, 0.25) is 0 Å². The summed E-state index contributed by atoms with van der Waals surface area (Å²) in [4.78, 5) is 28.6. The second-order valence-electron chi connectivity index (χ2n) is 9.56. The summed E-state index contributed by atoms with van der Waals surface area (Å²) >= 11 is 0. The summed E-state index contributed by atoms with van der Waals surface area (Å²) in [5, 5.41) is 7.29. The number of carbonyl (C=O) groups is 2. The molecule has 5 N–H and O–H groups in total. The van der Waals surface area contributed by atoms with E-state index in [4.69, 9.17) is 16.2 Å². The van der Waals surface area contributed by atoms with Gasteiger partial charge in [-0.15, -0.1) is 0 Å². The highest BCUT2D eigenvalue weighted by atomic mass is 16.5. The second-order valence-corrected chi connectivity index (χ2v) is 9.56. The second kappa shape index (κ2) is 10.9. The minimum Gasteiger partial charge on any atom is -0.383 e. The van der Waals surface area contributed by atoms with Crippen LogP contribution < -0.4 is 16.8 Å². The van der Waals surface area contributed by atoms with Gasteiger partial charge in [0.1, 0.15) is 5.82 Å². The van der Waals surface area contributed by atoms with Crippen LogP contribution >= 0.6 is 0 Å². The Morgan fingerprint density at radius 2 is 1.71 bits per heavy atom. The molecule has 9 heteroatoms. The van der Waals surface area contributed by atoms with E-state index in [1.165, 1.54) is 0 Å². The molecule has 2 aromatic heterocycles. The number of hydrogen-bond donors (Lipinski definition) is 3. The van der Waals surface area contributed by atoms with E-state index in [1.54, 1.807) is 35.3 Å². The number of nitrogen functional groups attached to an aromatic ring is 1. The average Bonchev–Trinajstić information content (AvgIpc) is 3.56. The molecule has 0 saturated heterocycles. The molecule has 1 saturated carbocycles. The van der Waals surface area contributed by atoms with E-state index in [1.807, 2.05) is 49.6 Å². The number of benzene rings is 2. The van der Waals surface area contributed by atoms with Gasteiger partial charge in [0.05, 0.1) is 30.5 Å². The number of anilines is 1. The van der Waals surface area contributed by atoms with Crippen LogP contribution in [0.15, 0.2) is 73.2 Å². The Kier molecular flexibility index (Phi) is 7.19. The summed E-state index contributed by atoms with van der Waals surface area (Å²) in [6.07, 6.45) is 7.83. The van der Waals surface area contributed by atoms with Crippen LogP contribution in [-0.4, -0.2) is 38.7 Å². The highest BCUT2D eigenvalue weighted by molar-refractivity contribution is 5.99. The van der Waals surface area contributed by atoms with E-state index >= 15 is 0 Å². The van der Waals surface area contributed by atoms with E-state index in [9.17, 15) is 9.59 Å². The molecule has 2 atom stereocenters. The van der Waals surface area contributed by atoms with Crippen LogP contribution in [0.5, 0.6) is 0 Å². The molecular weight excluding hydrogens is 480 g/mol. The number of nitrogens with one attached hydrogen (secondary N) is 1. The van der Waals surface area contributed by atoms with Gasteiger partial charge in [-0.3, -0.25) is 14.3 Å². The molecule has 194 valence electrons. The van der Waals surface area contributed by atoms with Gasteiger partial charge in [0.2, 0.25) is 5.91 Å². The lowest BCUT2D eigenvalue weighted by atomic mass is 10.0. The van der Waals surface area contributed by atoms with Gasteiger partial charge in [-0.05, 0) is 54.2 Å². The van der Waals surface area contributed by atoms with Crippen LogP contribution in [0.4, 0.5) is 5.82 Å². The third-order valence-corrected chi connectivity index (χ3v) is 6.89. The van der Waals surface area contributed by atoms with Crippen molar-refractivity contribution in [1.82, 2.24) is 20.1 Å². The number of pyridine rings is 1. The first-order chi connectivity index (χ1) is 18.4. The summed E-state index contributed by atoms with van der Waals surface area (Å²) in [6.45, 7) is 0.443. The van der Waals surface area contributed by atoms with Gasteiger partial charge in [-0.25, -0.2) is 4.98 Å². The van der Waals surface area contributed by atoms with Crippen molar-refractivity contribution in [2.75, 3.05) is 5.73 Å². The smallest absolute Gasteiger partial charge is 0.255 e. The lowest BCUT2D eigenvalue weighted by Crippen LogP contribution is -2.41. The Hall–Kier alpha value is -4.50. The van der Waals surface area contributed by atoms with Gasteiger partial charge in [-0.2, -0.15) is 5.10 Å². The van der Waals surface area contributed by atoms with Crippen molar-refractivity contribution >= 4 is 17.6 Å². The van der Waals surface area contributed by atoms with Crippen LogP contribution in [0.1, 0.15) is 45.5 Å². The van der Waals surface area contributed by atoms with E-state index < -0.39 is 5.91 Å². The molecule has 1 aliphatic carbocycles. The molecular formula is C29H30N6O3. The molecule has 9 nitrogen and oxygen atoms in total. The van der Waals surface area contributed by atoms with E-state index in [0.29, 0.717) is 17.7 Å². The van der Waals surface area contributed by atoms with Crippen molar-refractivity contribution in [3.8, 4) is 22.3 Å². The fraction of sp³-hybridized carbons (Fsp3) is 0.241. The Morgan fingerprint density at radius 3 is 2.37 bits per heavy atom. The third-order valence-electron chi connectivity index (χ3n) is 6.89. The fourth-order valence-electron chi connectivity index (χ4n) is 4.75. The molecule has 2 heterocycles. The molecule has 4 aromatic rings. The van der Waals surface area contributed by atoms with Crippen LogP contribution in [0.25, 0.3) is 22.3 Å². The molecule has 2 aromatic carbocycles. The number of carbonyl (C=O) groups excluding carboxylic acids is 2. The first kappa shape index (κ1) is 25.2. The zero-order valence-electron chi connectivity index (χ0n) is 21.1. The number of amides is 2. The standard InChI is InChI=1S/C29H30N6O3/c1-35-16-23(15-33-35)22-13-24(27(30)32-14-22)29(37)34-25-3-2-4-26(25)38-17-18-5-7-19(8-6-18)20-9-11-21(12-10-20)28(31)36/h5-16,25-26H,2-4,17H2,1H3,(H2,30,32)(H2,31,36)(H,34,37)/t25-,26-/m0/s1. The van der Waals surface area contributed by atoms with Gasteiger partial charge >= 0.3 is 0 Å². The van der Waals surface area contributed by atoms with Crippen molar-refractivity contribution in [1.29, 1.82) is 0 Å². The highest BCUT2D eigenvalue weighted by Crippen LogP contribution is 2.26. The Labute approximate surface area is 220 Å². The number of rotatable bonds is 8. The van der Waals surface area contributed by atoms with Crippen molar-refractivity contribution in [3.63, 3.8) is 0 Å². The maximum atomic E-state index is 13.1. The molecule has 1 fully saturated rings. The van der Waals surface area contributed by atoms with Crippen LogP contribution in [0, 0.1) is 0 Å². The number of nitrogens with two attached hydrogens (primary N) is 2. The van der Waals surface area contributed by atoms with Gasteiger partial charge in [0.25, 0.3) is 5.91 Å². The maximum Gasteiger partial charge on any atom is 0.255 e. The molecule has 5 rings (SSSR count). The summed E-state index contributed by atoms with van der Waals surface area (Å²) in [5.41, 5.74) is 16.9. The number of aryl methyl sites for hydroxylation is 1. The van der Waals surface area contributed by atoms with Crippen molar-refractivity contribution < 1.29 is 14.3 Å². The SMILES string of the molecule is Cn1cc(-c2cnc(N)c(C(=O)N[C@H]3CCC[C@@H]3OCc3ccc(-c4ccc(C(N)=O)cc4)cc3)c2)cn1. The number of aromatic nitrogens is 3. The van der Waals surface area contributed by atoms with E-state index in [0.717, 1.165) is 47.1 Å². The van der Waals surface area contributed by atoms with Crippen molar-refractivity contribution in [2.45, 2.75) is 38.0 Å². The Morgan fingerprint density at radius 1 is 1.00 bits per heavy atom. The molecule has 0 aliphatic heterocycles. The molecule has 0 spiro atoms. The van der Waals surface area contributed by atoms with Crippen LogP contribution in [-0.2, 0) is 18.4 Å². The number of nitrogens with zero attached hydrogens (tertiary/aromatic N) is 3. The van der Waals surface area contributed by atoms with Crippen molar-refractivity contribution in [2.24, 2.45) is 12.8 Å². The predicted molar refractivity (Wildman–Crippen MR) is 145 cm³/mol. The van der Waals surface area contributed by atoms with E-state index in [-0.39, 0.29) is 23.9 Å². The summed E-state index contributed by atoms with van der Waals surface area (Å²) in [5.74, 6) is -0.508. The normalized spacial score (nSPS) is 16.9. The number of ether oxygens (including phenoxy) is 1. The average molecular weight is 511 g/mol. The highest BCUT2D eigenvalue weighted by Gasteiger charge is 2.30. The van der Waals surface area contributed by atoms with Gasteiger partial charge in [0, 0.05) is 36.1 Å². The Bertz CT molecular complexity index is 1450. The Balaban J connectivity index is 1.20. The first-order valence-corrected chi connectivity index (χ1v) is 12.5. The number of hydrogen-bond acceptors (Lipinski definition) is 6. The lowest BCUT2D eigenvalue weighted by Gasteiger charge is -2.22. The lowest BCUT2D eigenvalue weighted by molar-refractivity contribution is 0.0272. The largest absolute Gasteiger partial charge is 0.383 e. The summed E-state index contributed by atoms with van der Waals surface area (Å²) in [7, 11) is 1.84. The topological polar surface area (TPSA) is 138 Å². The van der Waals surface area contributed by atoms with Crippen LogP contribution in [0.3, 0.4) is 0 Å². The zero-order chi connectivity index (χ0) is 26.6. The zero-order valence-corrected chi connectivity index (χ0v) is 21.1. The number of primary amides is 1. The van der Waals surface area contributed by atoms with Gasteiger partial charge in [0.15, 0.2) is 0 Å².